The molecule has 1 aromatic rings. The number of pyridine rings is 1. The van der Waals surface area contributed by atoms with E-state index in [1.165, 1.54) is 0 Å². The van der Waals surface area contributed by atoms with Crippen LogP contribution < -0.4 is 15.4 Å². The van der Waals surface area contributed by atoms with Gasteiger partial charge < -0.3 is 20.1 Å². The van der Waals surface area contributed by atoms with E-state index in [1.807, 2.05) is 12.1 Å². The van der Waals surface area contributed by atoms with Crippen LogP contribution in [0.5, 0.6) is 5.88 Å². The highest BCUT2D eigenvalue weighted by atomic mass is 127. The van der Waals surface area contributed by atoms with Crippen LogP contribution in [0.1, 0.15) is 25.3 Å². The minimum atomic E-state index is -0.0936. The second kappa shape index (κ2) is 9.14. The first-order chi connectivity index (χ1) is 10.2. The van der Waals surface area contributed by atoms with Crippen molar-refractivity contribution in [2.45, 2.75) is 31.9 Å². The number of nitrogens with zero attached hydrogens (tertiary/aromatic N) is 2. The molecule has 1 atom stereocenters. The maximum atomic E-state index is 5.76. The fraction of sp³-hybridized carbons (Fsp3) is 0.600. The Labute approximate surface area is 149 Å². The molecular formula is C15H25IN4O2. The molecule has 0 spiro atoms. The number of rotatable bonds is 5. The Morgan fingerprint density at radius 1 is 1.50 bits per heavy atom. The number of methoxy groups -OCH3 is 1. The van der Waals surface area contributed by atoms with Crippen molar-refractivity contribution < 1.29 is 9.47 Å². The van der Waals surface area contributed by atoms with Gasteiger partial charge in [-0.1, -0.05) is 6.07 Å². The highest BCUT2D eigenvalue weighted by molar-refractivity contribution is 14.0. The minimum absolute atomic E-state index is 0. The normalized spacial score (nSPS) is 21.1. The quantitative estimate of drug-likeness (QED) is 0.433. The van der Waals surface area contributed by atoms with E-state index in [-0.39, 0.29) is 29.6 Å². The Kier molecular flexibility index (Phi) is 7.88. The molecular weight excluding hydrogens is 395 g/mol. The zero-order chi connectivity index (χ0) is 15.1. The first-order valence-corrected chi connectivity index (χ1v) is 7.23. The van der Waals surface area contributed by atoms with Crippen molar-refractivity contribution in [1.29, 1.82) is 0 Å². The number of aromatic nitrogens is 1. The SMILES string of the molecule is CN=C(NCc1cccnc1OC)NCC1(C)CCCO1.I. The van der Waals surface area contributed by atoms with E-state index in [0.717, 1.165) is 37.5 Å². The lowest BCUT2D eigenvalue weighted by Gasteiger charge is -2.24. The smallest absolute Gasteiger partial charge is 0.218 e. The van der Waals surface area contributed by atoms with Crippen molar-refractivity contribution in [1.82, 2.24) is 15.6 Å². The molecule has 1 unspecified atom stereocenters. The van der Waals surface area contributed by atoms with Gasteiger partial charge in [0.25, 0.3) is 0 Å². The van der Waals surface area contributed by atoms with Crippen LogP contribution >= 0.6 is 24.0 Å². The van der Waals surface area contributed by atoms with Crippen molar-refractivity contribution in [3.63, 3.8) is 0 Å². The van der Waals surface area contributed by atoms with Crippen LogP contribution in [-0.2, 0) is 11.3 Å². The largest absolute Gasteiger partial charge is 0.481 e. The molecule has 0 radical (unpaired) electrons. The molecule has 7 heteroatoms. The topological polar surface area (TPSA) is 67.8 Å². The number of aliphatic imine (C=N–C) groups is 1. The van der Waals surface area contributed by atoms with Crippen LogP contribution in [0, 0.1) is 0 Å². The van der Waals surface area contributed by atoms with E-state index in [0.29, 0.717) is 12.4 Å². The molecule has 2 heterocycles. The first kappa shape index (κ1) is 19.0. The summed E-state index contributed by atoms with van der Waals surface area (Å²) in [6.45, 7) is 4.33. The number of hydrogen-bond donors (Lipinski definition) is 2. The van der Waals surface area contributed by atoms with E-state index in [9.17, 15) is 0 Å². The lowest BCUT2D eigenvalue weighted by Crippen LogP contribution is -2.45. The van der Waals surface area contributed by atoms with Crippen LogP contribution in [0.15, 0.2) is 23.3 Å². The fourth-order valence-corrected chi connectivity index (χ4v) is 2.39. The molecule has 0 aliphatic carbocycles. The number of ether oxygens (including phenoxy) is 2. The monoisotopic (exact) mass is 420 g/mol. The number of nitrogens with one attached hydrogen (secondary N) is 2. The molecule has 2 rings (SSSR count). The van der Waals surface area contributed by atoms with E-state index in [4.69, 9.17) is 9.47 Å². The lowest BCUT2D eigenvalue weighted by atomic mass is 10.0. The summed E-state index contributed by atoms with van der Waals surface area (Å²) in [6, 6.07) is 3.87. The minimum Gasteiger partial charge on any atom is -0.481 e. The third-order valence-corrected chi connectivity index (χ3v) is 3.64. The summed E-state index contributed by atoms with van der Waals surface area (Å²) in [5, 5.41) is 6.58. The van der Waals surface area contributed by atoms with Crippen molar-refractivity contribution in [2.75, 3.05) is 27.3 Å². The third-order valence-electron chi connectivity index (χ3n) is 3.64. The lowest BCUT2D eigenvalue weighted by molar-refractivity contribution is 0.0243. The van der Waals surface area contributed by atoms with Gasteiger partial charge in [0, 0.05) is 38.5 Å². The van der Waals surface area contributed by atoms with Crippen molar-refractivity contribution in [3.8, 4) is 5.88 Å². The van der Waals surface area contributed by atoms with Gasteiger partial charge in [-0.25, -0.2) is 4.98 Å². The molecule has 0 aromatic carbocycles. The molecule has 124 valence electrons. The second-order valence-corrected chi connectivity index (χ2v) is 5.35. The molecule has 1 fully saturated rings. The standard InChI is InChI=1S/C15H24N4O2.HI/c1-15(7-5-9-21-15)11-19-14(16-2)18-10-12-6-4-8-17-13(12)20-3;/h4,6,8H,5,7,9-11H2,1-3H3,(H2,16,18,19);1H. The highest BCUT2D eigenvalue weighted by Crippen LogP contribution is 2.23. The molecule has 6 nitrogen and oxygen atoms in total. The highest BCUT2D eigenvalue weighted by Gasteiger charge is 2.29. The summed E-state index contributed by atoms with van der Waals surface area (Å²) in [5.74, 6) is 1.38. The van der Waals surface area contributed by atoms with Gasteiger partial charge in [0.2, 0.25) is 5.88 Å². The van der Waals surface area contributed by atoms with Crippen LogP contribution in [0.25, 0.3) is 0 Å². The Hall–Kier alpha value is -1.09. The van der Waals surface area contributed by atoms with Gasteiger partial charge >= 0.3 is 0 Å². The van der Waals surface area contributed by atoms with Gasteiger partial charge in [-0.2, -0.15) is 0 Å². The summed E-state index contributed by atoms with van der Waals surface area (Å²) in [5.41, 5.74) is 0.898. The molecule has 0 saturated carbocycles. The predicted molar refractivity (Wildman–Crippen MR) is 98.0 cm³/mol. The van der Waals surface area contributed by atoms with Crippen molar-refractivity contribution in [3.05, 3.63) is 23.9 Å². The zero-order valence-electron chi connectivity index (χ0n) is 13.4. The molecule has 0 amide bonds. The van der Waals surface area contributed by atoms with Crippen LogP contribution in [0.4, 0.5) is 0 Å². The van der Waals surface area contributed by atoms with Crippen LogP contribution in [0.2, 0.25) is 0 Å². The van der Waals surface area contributed by atoms with Gasteiger partial charge in [0.15, 0.2) is 5.96 Å². The maximum Gasteiger partial charge on any atom is 0.218 e. The van der Waals surface area contributed by atoms with Gasteiger partial charge in [-0.05, 0) is 25.8 Å². The van der Waals surface area contributed by atoms with Crippen molar-refractivity contribution >= 4 is 29.9 Å². The fourth-order valence-electron chi connectivity index (χ4n) is 2.39. The van der Waals surface area contributed by atoms with Crippen LogP contribution in [-0.4, -0.2) is 43.9 Å². The Morgan fingerprint density at radius 2 is 2.32 bits per heavy atom. The molecule has 2 N–H and O–H groups in total. The summed E-state index contributed by atoms with van der Waals surface area (Å²) in [4.78, 5) is 8.41. The Morgan fingerprint density at radius 3 is 2.95 bits per heavy atom. The van der Waals surface area contributed by atoms with Crippen molar-refractivity contribution in [2.24, 2.45) is 4.99 Å². The van der Waals surface area contributed by atoms with E-state index < -0.39 is 0 Å². The molecule has 1 aliphatic rings. The Bertz CT molecular complexity index is 490. The summed E-state index contributed by atoms with van der Waals surface area (Å²) in [6.07, 6.45) is 3.91. The number of guanidine groups is 1. The van der Waals surface area contributed by atoms with Gasteiger partial charge in [0.1, 0.15) is 0 Å². The average Bonchev–Trinajstić information content (AvgIpc) is 2.95. The molecule has 1 aromatic heterocycles. The Balaban J connectivity index is 0.00000242. The average molecular weight is 420 g/mol. The summed E-state index contributed by atoms with van der Waals surface area (Å²) in [7, 11) is 3.38. The molecule has 1 saturated heterocycles. The molecule has 22 heavy (non-hydrogen) atoms. The summed E-state index contributed by atoms with van der Waals surface area (Å²) < 4.78 is 11.0. The maximum absolute atomic E-state index is 5.76. The molecule has 0 bridgehead atoms. The van der Waals surface area contributed by atoms with Crippen LogP contribution in [0.3, 0.4) is 0 Å². The van der Waals surface area contributed by atoms with Gasteiger partial charge in [0.05, 0.1) is 12.7 Å². The van der Waals surface area contributed by atoms with Gasteiger partial charge in [-0.3, -0.25) is 4.99 Å². The number of halogens is 1. The van der Waals surface area contributed by atoms with Gasteiger partial charge in [-0.15, -0.1) is 24.0 Å². The van der Waals surface area contributed by atoms with E-state index >= 15 is 0 Å². The second-order valence-electron chi connectivity index (χ2n) is 5.35. The zero-order valence-corrected chi connectivity index (χ0v) is 15.7. The predicted octanol–water partition coefficient (Wildman–Crippen LogP) is 1.94. The number of hydrogen-bond acceptors (Lipinski definition) is 4. The first-order valence-electron chi connectivity index (χ1n) is 7.23. The third kappa shape index (κ3) is 5.28. The molecule has 1 aliphatic heterocycles. The summed E-state index contributed by atoms with van der Waals surface area (Å²) >= 11 is 0. The van der Waals surface area contributed by atoms with E-state index in [2.05, 4.69) is 27.5 Å². The van der Waals surface area contributed by atoms with E-state index in [1.54, 1.807) is 20.4 Å².